The largest absolute Gasteiger partial charge is 0.492 e. The van der Waals surface area contributed by atoms with Crippen molar-refractivity contribution in [2.24, 2.45) is 5.92 Å². The van der Waals surface area contributed by atoms with Crippen LogP contribution >= 0.6 is 11.8 Å². The lowest BCUT2D eigenvalue weighted by atomic mass is 9.98. The van der Waals surface area contributed by atoms with E-state index in [0.29, 0.717) is 34.1 Å². The normalized spacial score (nSPS) is 15.0. The molecule has 7 nitrogen and oxygen atoms in total. The molecule has 32 heavy (non-hydrogen) atoms. The second kappa shape index (κ2) is 9.05. The SMILES string of the molecule is CCOc1ccccc1-n1c(SCC(=O)NC(C)(C#N)C2CC2)nc2ccccc2c1=O. The highest BCUT2D eigenvalue weighted by atomic mass is 32.2. The number of para-hydroxylation sites is 3. The first kappa shape index (κ1) is 21.9. The summed E-state index contributed by atoms with van der Waals surface area (Å²) in [6, 6.07) is 16.6. The van der Waals surface area contributed by atoms with Gasteiger partial charge in [-0.15, -0.1) is 0 Å². The Labute approximate surface area is 190 Å². The molecular weight excluding hydrogens is 424 g/mol. The molecule has 1 unspecified atom stereocenters. The Balaban J connectivity index is 1.71. The predicted molar refractivity (Wildman–Crippen MR) is 124 cm³/mol. The molecule has 0 bridgehead atoms. The van der Waals surface area contributed by atoms with Gasteiger partial charge in [-0.3, -0.25) is 14.2 Å². The molecule has 1 heterocycles. The van der Waals surface area contributed by atoms with Crippen LogP contribution in [0.2, 0.25) is 0 Å². The number of amides is 1. The lowest BCUT2D eigenvalue weighted by molar-refractivity contribution is -0.119. The second-order valence-electron chi connectivity index (χ2n) is 7.88. The number of nitrogens with one attached hydrogen (secondary N) is 1. The number of hydrogen-bond acceptors (Lipinski definition) is 6. The molecule has 2 aromatic carbocycles. The average molecular weight is 449 g/mol. The van der Waals surface area contributed by atoms with E-state index in [9.17, 15) is 14.9 Å². The molecule has 1 fully saturated rings. The summed E-state index contributed by atoms with van der Waals surface area (Å²) < 4.78 is 7.24. The van der Waals surface area contributed by atoms with Crippen LogP contribution < -0.4 is 15.6 Å². The van der Waals surface area contributed by atoms with E-state index in [4.69, 9.17) is 4.74 Å². The van der Waals surface area contributed by atoms with E-state index < -0.39 is 5.54 Å². The number of ether oxygens (including phenoxy) is 1. The van der Waals surface area contributed by atoms with Crippen LogP contribution in [-0.2, 0) is 4.79 Å². The topological polar surface area (TPSA) is 97.0 Å². The third kappa shape index (κ3) is 4.34. The van der Waals surface area contributed by atoms with E-state index >= 15 is 0 Å². The van der Waals surface area contributed by atoms with Crippen LogP contribution in [0, 0.1) is 17.2 Å². The minimum atomic E-state index is -0.865. The minimum absolute atomic E-state index is 0.0333. The first-order valence-electron chi connectivity index (χ1n) is 10.6. The molecule has 1 N–H and O–H groups in total. The van der Waals surface area contributed by atoms with Crippen molar-refractivity contribution in [2.45, 2.75) is 37.4 Å². The molecule has 0 aliphatic heterocycles. The predicted octanol–water partition coefficient (Wildman–Crippen LogP) is 3.68. The van der Waals surface area contributed by atoms with E-state index in [0.717, 1.165) is 24.6 Å². The van der Waals surface area contributed by atoms with Gasteiger partial charge in [-0.05, 0) is 56.9 Å². The maximum Gasteiger partial charge on any atom is 0.266 e. The van der Waals surface area contributed by atoms with Gasteiger partial charge >= 0.3 is 0 Å². The number of fused-ring (bicyclic) bond motifs is 1. The molecular formula is C24H24N4O3S. The number of nitrogens with zero attached hydrogens (tertiary/aromatic N) is 3. The number of aromatic nitrogens is 2. The zero-order valence-corrected chi connectivity index (χ0v) is 18.8. The van der Waals surface area contributed by atoms with E-state index in [1.54, 1.807) is 37.3 Å². The quantitative estimate of drug-likeness (QED) is 0.417. The van der Waals surface area contributed by atoms with Gasteiger partial charge in [0.15, 0.2) is 5.16 Å². The summed E-state index contributed by atoms with van der Waals surface area (Å²) in [7, 11) is 0. The Morgan fingerprint density at radius 1 is 1.28 bits per heavy atom. The Kier molecular flexibility index (Phi) is 6.19. The van der Waals surface area contributed by atoms with Crippen molar-refractivity contribution in [1.82, 2.24) is 14.9 Å². The van der Waals surface area contributed by atoms with Gasteiger partial charge in [0.25, 0.3) is 5.56 Å². The molecule has 0 saturated heterocycles. The number of carbonyl (C=O) groups excluding carboxylic acids is 1. The summed E-state index contributed by atoms with van der Waals surface area (Å²) >= 11 is 1.16. The van der Waals surface area contributed by atoms with Gasteiger partial charge in [-0.2, -0.15) is 5.26 Å². The van der Waals surface area contributed by atoms with E-state index in [1.807, 2.05) is 25.1 Å². The molecule has 1 aromatic heterocycles. The Morgan fingerprint density at radius 3 is 2.72 bits per heavy atom. The number of thioether (sulfide) groups is 1. The number of nitriles is 1. The second-order valence-corrected chi connectivity index (χ2v) is 8.82. The van der Waals surface area contributed by atoms with Crippen molar-refractivity contribution in [2.75, 3.05) is 12.4 Å². The highest BCUT2D eigenvalue weighted by molar-refractivity contribution is 7.99. The Bertz CT molecular complexity index is 1260. The third-order valence-corrected chi connectivity index (χ3v) is 6.45. The van der Waals surface area contributed by atoms with Gasteiger partial charge in [-0.1, -0.05) is 36.0 Å². The molecule has 0 spiro atoms. The fourth-order valence-corrected chi connectivity index (χ4v) is 4.48. The summed E-state index contributed by atoms with van der Waals surface area (Å²) in [5.74, 6) is 0.520. The highest BCUT2D eigenvalue weighted by Crippen LogP contribution is 2.39. The number of hydrogen-bond donors (Lipinski definition) is 1. The lowest BCUT2D eigenvalue weighted by Crippen LogP contribution is -2.47. The molecule has 1 aliphatic carbocycles. The fraction of sp³-hybridized carbons (Fsp3) is 0.333. The minimum Gasteiger partial charge on any atom is -0.492 e. The summed E-state index contributed by atoms with van der Waals surface area (Å²) in [4.78, 5) is 30.8. The van der Waals surface area contributed by atoms with Crippen molar-refractivity contribution in [3.63, 3.8) is 0 Å². The molecule has 1 amide bonds. The van der Waals surface area contributed by atoms with Crippen molar-refractivity contribution < 1.29 is 9.53 Å². The van der Waals surface area contributed by atoms with Crippen LogP contribution in [0.15, 0.2) is 58.5 Å². The molecule has 1 aliphatic rings. The summed E-state index contributed by atoms with van der Waals surface area (Å²) in [6.07, 6.45) is 1.88. The van der Waals surface area contributed by atoms with E-state index in [-0.39, 0.29) is 23.1 Å². The molecule has 4 rings (SSSR count). The summed E-state index contributed by atoms with van der Waals surface area (Å²) in [6.45, 7) is 4.09. The molecule has 3 aromatic rings. The monoisotopic (exact) mass is 448 g/mol. The van der Waals surface area contributed by atoms with Crippen LogP contribution in [0.25, 0.3) is 16.6 Å². The van der Waals surface area contributed by atoms with Crippen molar-refractivity contribution >= 4 is 28.6 Å². The third-order valence-electron chi connectivity index (χ3n) is 5.51. The highest BCUT2D eigenvalue weighted by Gasteiger charge is 2.43. The Morgan fingerprint density at radius 2 is 2.00 bits per heavy atom. The van der Waals surface area contributed by atoms with Gasteiger partial charge in [0.2, 0.25) is 5.91 Å². The number of carbonyl (C=O) groups is 1. The van der Waals surface area contributed by atoms with Gasteiger partial charge in [0.1, 0.15) is 11.3 Å². The van der Waals surface area contributed by atoms with Crippen LogP contribution in [0.4, 0.5) is 0 Å². The maximum atomic E-state index is 13.4. The molecule has 1 saturated carbocycles. The van der Waals surface area contributed by atoms with Crippen molar-refractivity contribution in [1.29, 1.82) is 5.26 Å². The van der Waals surface area contributed by atoms with E-state index in [2.05, 4.69) is 16.4 Å². The standard InChI is InChI=1S/C24H24N4O3S/c1-3-31-20-11-7-6-10-19(20)28-22(30)17-8-4-5-9-18(17)26-23(28)32-14-21(29)27-24(2,15-25)16-12-13-16/h4-11,16H,3,12-14H2,1-2H3,(H,27,29). The molecule has 8 heteroatoms. The van der Waals surface area contributed by atoms with Crippen molar-refractivity contribution in [3.8, 4) is 17.5 Å². The molecule has 0 radical (unpaired) electrons. The van der Waals surface area contributed by atoms with Gasteiger partial charge in [0.05, 0.1) is 35.0 Å². The van der Waals surface area contributed by atoms with Crippen molar-refractivity contribution in [3.05, 3.63) is 58.9 Å². The average Bonchev–Trinajstić information content (AvgIpc) is 3.65. The van der Waals surface area contributed by atoms with Gasteiger partial charge in [0, 0.05) is 0 Å². The molecule has 164 valence electrons. The van der Waals surface area contributed by atoms with Gasteiger partial charge < -0.3 is 10.1 Å². The Hall–Kier alpha value is -3.31. The smallest absolute Gasteiger partial charge is 0.266 e. The fourth-order valence-electron chi connectivity index (χ4n) is 3.68. The first-order chi connectivity index (χ1) is 15.5. The zero-order valence-electron chi connectivity index (χ0n) is 18.0. The van der Waals surface area contributed by atoms with Gasteiger partial charge in [-0.25, -0.2) is 4.98 Å². The first-order valence-corrected chi connectivity index (χ1v) is 11.5. The van der Waals surface area contributed by atoms with E-state index in [1.165, 1.54) is 4.57 Å². The molecule has 1 atom stereocenters. The summed E-state index contributed by atoms with van der Waals surface area (Å²) in [5, 5.41) is 13.2. The number of benzene rings is 2. The van der Waals surface area contributed by atoms with Crippen LogP contribution in [0.1, 0.15) is 26.7 Å². The van der Waals surface area contributed by atoms with Crippen LogP contribution in [0.3, 0.4) is 0 Å². The maximum absolute atomic E-state index is 13.4. The summed E-state index contributed by atoms with van der Waals surface area (Å²) in [5.41, 5.74) is 0.0339. The lowest BCUT2D eigenvalue weighted by Gasteiger charge is -2.23. The van der Waals surface area contributed by atoms with Crippen LogP contribution in [0.5, 0.6) is 5.75 Å². The number of rotatable bonds is 8. The zero-order chi connectivity index (χ0) is 22.7. The van der Waals surface area contributed by atoms with Crippen LogP contribution in [-0.4, -0.2) is 33.4 Å².